The van der Waals surface area contributed by atoms with Crippen LogP contribution in [0.25, 0.3) is 11.3 Å². The molecule has 1 atom stereocenters. The molecule has 10 nitrogen and oxygen atoms in total. The summed E-state index contributed by atoms with van der Waals surface area (Å²) in [5.74, 6) is -3.04. The molecule has 10 heteroatoms. The number of nitrogens with one attached hydrogen (secondary N) is 1. The molecule has 1 aromatic carbocycles. The largest absolute Gasteiger partial charge is 0.493 e. The minimum atomic E-state index is -1.24. The van der Waals surface area contributed by atoms with Crippen molar-refractivity contribution in [2.75, 3.05) is 19.8 Å². The van der Waals surface area contributed by atoms with Crippen LogP contribution in [0.3, 0.4) is 0 Å². The zero-order valence-electron chi connectivity index (χ0n) is 18.0. The predicted octanol–water partition coefficient (Wildman–Crippen LogP) is 2.66. The summed E-state index contributed by atoms with van der Waals surface area (Å²) in [6.45, 7) is 5.42. The lowest BCUT2D eigenvalue weighted by atomic mass is 10.1. The number of furan rings is 1. The summed E-state index contributed by atoms with van der Waals surface area (Å²) in [5.41, 5.74) is 0.602. The second-order valence-corrected chi connectivity index (χ2v) is 6.40. The smallest absolute Gasteiger partial charge is 0.371 e. The Morgan fingerprint density at radius 1 is 1.00 bits per heavy atom. The Balaban J connectivity index is 2.30. The van der Waals surface area contributed by atoms with Crippen molar-refractivity contribution in [2.45, 2.75) is 33.2 Å². The van der Waals surface area contributed by atoms with Gasteiger partial charge in [-0.2, -0.15) is 0 Å². The Kier molecular flexibility index (Phi) is 8.82. The van der Waals surface area contributed by atoms with E-state index in [-0.39, 0.29) is 49.1 Å². The summed E-state index contributed by atoms with van der Waals surface area (Å²) in [5, 5.41) is 11.5. The van der Waals surface area contributed by atoms with Crippen LogP contribution >= 0.6 is 0 Å². The van der Waals surface area contributed by atoms with E-state index in [4.69, 9.17) is 23.7 Å². The van der Waals surface area contributed by atoms with Crippen LogP contribution in [-0.4, -0.2) is 54.8 Å². The molecule has 0 saturated carbocycles. The zero-order chi connectivity index (χ0) is 23.7. The van der Waals surface area contributed by atoms with E-state index < -0.39 is 29.9 Å². The molecule has 0 aliphatic carbocycles. The fraction of sp³-hybridized carbons (Fsp3) is 0.364. The second kappa shape index (κ2) is 11.5. The summed E-state index contributed by atoms with van der Waals surface area (Å²) in [6, 6.07) is 6.09. The monoisotopic (exact) mass is 447 g/mol. The maximum absolute atomic E-state index is 12.9. The lowest BCUT2D eigenvalue weighted by Crippen LogP contribution is -2.43. The van der Waals surface area contributed by atoms with Gasteiger partial charge >= 0.3 is 17.9 Å². The predicted molar refractivity (Wildman–Crippen MR) is 111 cm³/mol. The van der Waals surface area contributed by atoms with Crippen LogP contribution in [-0.2, 0) is 19.1 Å². The number of carboxylic acids is 1. The van der Waals surface area contributed by atoms with Gasteiger partial charge in [0.25, 0.3) is 5.91 Å². The second-order valence-electron chi connectivity index (χ2n) is 6.40. The number of rotatable bonds is 11. The van der Waals surface area contributed by atoms with E-state index in [1.165, 1.54) is 24.3 Å². The van der Waals surface area contributed by atoms with Crippen molar-refractivity contribution in [1.82, 2.24) is 5.32 Å². The molecule has 0 spiro atoms. The van der Waals surface area contributed by atoms with Crippen molar-refractivity contribution in [3.63, 3.8) is 0 Å². The molecule has 2 rings (SSSR count). The molecular weight excluding hydrogens is 422 g/mol. The van der Waals surface area contributed by atoms with Crippen molar-refractivity contribution in [3.05, 3.63) is 41.7 Å². The molecule has 2 aromatic rings. The lowest BCUT2D eigenvalue weighted by Gasteiger charge is -2.18. The number of esters is 2. The highest BCUT2D eigenvalue weighted by Crippen LogP contribution is 2.29. The first-order chi connectivity index (χ1) is 15.3. The van der Waals surface area contributed by atoms with Crippen LogP contribution in [0.1, 0.15) is 48.1 Å². The molecular formula is C22H25NO9. The molecule has 0 aliphatic heterocycles. The van der Waals surface area contributed by atoms with Gasteiger partial charge in [0.1, 0.15) is 17.6 Å². The Hall–Kier alpha value is -3.82. The molecule has 0 saturated heterocycles. The van der Waals surface area contributed by atoms with Crippen LogP contribution < -0.4 is 10.1 Å². The van der Waals surface area contributed by atoms with E-state index in [9.17, 15) is 19.2 Å². The Morgan fingerprint density at radius 3 is 2.31 bits per heavy atom. The number of amides is 1. The Bertz CT molecular complexity index is 980. The van der Waals surface area contributed by atoms with Crippen LogP contribution in [0.5, 0.6) is 5.75 Å². The molecule has 0 aliphatic rings. The van der Waals surface area contributed by atoms with E-state index in [1.807, 2.05) is 0 Å². The van der Waals surface area contributed by atoms with Crippen LogP contribution in [0.4, 0.5) is 0 Å². The molecule has 0 bridgehead atoms. The van der Waals surface area contributed by atoms with Crippen molar-refractivity contribution in [2.24, 2.45) is 0 Å². The quantitative estimate of drug-likeness (QED) is 0.497. The highest BCUT2D eigenvalue weighted by Gasteiger charge is 2.27. The van der Waals surface area contributed by atoms with Gasteiger partial charge in [0.15, 0.2) is 0 Å². The molecule has 0 fully saturated rings. The van der Waals surface area contributed by atoms with Gasteiger partial charge in [-0.25, -0.2) is 9.59 Å². The van der Waals surface area contributed by atoms with E-state index in [0.29, 0.717) is 5.56 Å². The average Bonchev–Trinajstić information content (AvgIpc) is 3.24. The van der Waals surface area contributed by atoms with Gasteiger partial charge in [0.05, 0.1) is 31.8 Å². The molecule has 1 heterocycles. The van der Waals surface area contributed by atoms with Crippen molar-refractivity contribution >= 4 is 23.8 Å². The summed E-state index contributed by atoms with van der Waals surface area (Å²) in [6.07, 6.45) is -0.384. The number of aromatic carboxylic acids is 1. The first-order valence-electron chi connectivity index (χ1n) is 10.0. The van der Waals surface area contributed by atoms with Gasteiger partial charge in [0.2, 0.25) is 5.76 Å². The highest BCUT2D eigenvalue weighted by molar-refractivity contribution is 6.00. The standard InChI is InChI=1S/C22H25NO9/c1-4-29-18-11-13(16-9-10-17(32-16)21(26)27)7-8-14(18)20(25)23-15(22(28)31-6-3)12-19(24)30-5-2/h7-11,15H,4-6,12H2,1-3H3,(H,23,25)(H,26,27)/t15-/m0/s1. The zero-order valence-corrected chi connectivity index (χ0v) is 18.0. The Labute approximate surface area is 184 Å². The molecule has 1 aromatic heterocycles. The van der Waals surface area contributed by atoms with Crippen LogP contribution in [0.2, 0.25) is 0 Å². The van der Waals surface area contributed by atoms with Gasteiger partial charge in [-0.05, 0) is 45.0 Å². The van der Waals surface area contributed by atoms with Gasteiger partial charge in [-0.1, -0.05) is 6.07 Å². The first-order valence-corrected chi connectivity index (χ1v) is 10.0. The summed E-state index contributed by atoms with van der Waals surface area (Å²) >= 11 is 0. The Morgan fingerprint density at radius 2 is 1.72 bits per heavy atom. The molecule has 2 N–H and O–H groups in total. The van der Waals surface area contributed by atoms with Gasteiger partial charge in [-0.3, -0.25) is 9.59 Å². The number of carboxylic acid groups (broad SMARTS) is 1. The highest BCUT2D eigenvalue weighted by atomic mass is 16.5. The van der Waals surface area contributed by atoms with Crippen LogP contribution in [0, 0.1) is 0 Å². The maximum atomic E-state index is 12.9. The third-order valence-corrected chi connectivity index (χ3v) is 4.18. The molecule has 32 heavy (non-hydrogen) atoms. The lowest BCUT2D eigenvalue weighted by molar-refractivity contribution is -0.152. The van der Waals surface area contributed by atoms with Crippen molar-refractivity contribution in [1.29, 1.82) is 0 Å². The van der Waals surface area contributed by atoms with Crippen molar-refractivity contribution in [3.8, 4) is 17.1 Å². The minimum Gasteiger partial charge on any atom is -0.493 e. The molecule has 172 valence electrons. The maximum Gasteiger partial charge on any atom is 0.371 e. The normalized spacial score (nSPS) is 11.3. The van der Waals surface area contributed by atoms with E-state index in [0.717, 1.165) is 0 Å². The minimum absolute atomic E-state index is 0.0778. The van der Waals surface area contributed by atoms with Crippen molar-refractivity contribution < 1.29 is 42.9 Å². The average molecular weight is 447 g/mol. The number of ether oxygens (including phenoxy) is 3. The third-order valence-electron chi connectivity index (χ3n) is 4.18. The molecule has 1 amide bonds. The fourth-order valence-corrected chi connectivity index (χ4v) is 2.80. The van der Waals surface area contributed by atoms with Gasteiger partial charge in [-0.15, -0.1) is 0 Å². The molecule has 0 unspecified atom stereocenters. The first kappa shape index (κ1) is 24.4. The summed E-state index contributed by atoms with van der Waals surface area (Å²) in [7, 11) is 0. The summed E-state index contributed by atoms with van der Waals surface area (Å²) in [4.78, 5) is 48.0. The van der Waals surface area contributed by atoms with E-state index in [2.05, 4.69) is 5.32 Å². The summed E-state index contributed by atoms with van der Waals surface area (Å²) < 4.78 is 20.6. The number of carbonyl (C=O) groups is 4. The topological polar surface area (TPSA) is 141 Å². The number of carbonyl (C=O) groups excluding carboxylic acids is 3. The number of benzene rings is 1. The van der Waals surface area contributed by atoms with Gasteiger partial charge in [0, 0.05) is 5.56 Å². The third kappa shape index (κ3) is 6.34. The fourth-order valence-electron chi connectivity index (χ4n) is 2.80. The molecule has 0 radical (unpaired) electrons. The van der Waals surface area contributed by atoms with E-state index >= 15 is 0 Å². The number of hydrogen-bond acceptors (Lipinski definition) is 8. The van der Waals surface area contributed by atoms with Gasteiger partial charge < -0.3 is 29.1 Å². The number of hydrogen-bond donors (Lipinski definition) is 2. The SMILES string of the molecule is CCOC(=O)C[C@H](NC(=O)c1ccc(-c2ccc(C(=O)O)o2)cc1OCC)C(=O)OCC. The van der Waals surface area contributed by atoms with E-state index in [1.54, 1.807) is 26.8 Å². The van der Waals surface area contributed by atoms with Crippen LogP contribution in [0.15, 0.2) is 34.7 Å².